The van der Waals surface area contributed by atoms with Gasteiger partial charge >= 0.3 is 0 Å². The summed E-state index contributed by atoms with van der Waals surface area (Å²) < 4.78 is 7.78. The topological polar surface area (TPSA) is 96.3 Å². The standard InChI is InChI=1S/C28H33N7O2/c1-7-28(36)33-23-14-24(26(37-6)15-22(23)29-12-13-34(3)4)32-27-16-21(30-18(2)31-27)20-17-35(5)25-11-9-8-10-19(20)25/h7-11,14-17,29H,1,12-13H2,2-6H3,(H,33,36)(H,30,31,32). The molecule has 2 heterocycles. The highest BCUT2D eigenvalue weighted by Crippen LogP contribution is 2.37. The van der Waals surface area contributed by atoms with Crippen molar-refractivity contribution in [1.29, 1.82) is 0 Å². The van der Waals surface area contributed by atoms with Crippen LogP contribution in [-0.2, 0) is 11.8 Å². The van der Waals surface area contributed by atoms with Crippen LogP contribution in [0, 0.1) is 6.92 Å². The first kappa shape index (κ1) is 25.7. The lowest BCUT2D eigenvalue weighted by molar-refractivity contribution is -0.111. The molecule has 9 heteroatoms. The number of para-hydroxylation sites is 1. The zero-order valence-corrected chi connectivity index (χ0v) is 21.9. The highest BCUT2D eigenvalue weighted by molar-refractivity contribution is 6.02. The van der Waals surface area contributed by atoms with E-state index in [1.54, 1.807) is 7.11 Å². The number of benzene rings is 2. The molecule has 0 unspecified atom stereocenters. The first-order valence-corrected chi connectivity index (χ1v) is 12.0. The summed E-state index contributed by atoms with van der Waals surface area (Å²) >= 11 is 0. The van der Waals surface area contributed by atoms with Gasteiger partial charge in [0.05, 0.1) is 29.9 Å². The van der Waals surface area contributed by atoms with Crippen LogP contribution >= 0.6 is 0 Å². The molecule has 37 heavy (non-hydrogen) atoms. The van der Waals surface area contributed by atoms with Crippen molar-refractivity contribution in [3.8, 4) is 17.0 Å². The van der Waals surface area contributed by atoms with Gasteiger partial charge in [-0.1, -0.05) is 24.8 Å². The predicted molar refractivity (Wildman–Crippen MR) is 151 cm³/mol. The SMILES string of the molecule is C=CC(=O)Nc1cc(Nc2cc(-c3cn(C)c4ccccc34)nc(C)n2)c(OC)cc1NCCN(C)C. The van der Waals surface area contributed by atoms with Gasteiger partial charge in [-0.05, 0) is 39.2 Å². The molecule has 0 fully saturated rings. The van der Waals surface area contributed by atoms with Crippen LogP contribution in [-0.4, -0.2) is 59.6 Å². The summed E-state index contributed by atoms with van der Waals surface area (Å²) in [5.41, 5.74) is 4.97. The van der Waals surface area contributed by atoms with Crippen LogP contribution in [0.4, 0.5) is 22.9 Å². The monoisotopic (exact) mass is 499 g/mol. The van der Waals surface area contributed by atoms with Gasteiger partial charge in [-0.25, -0.2) is 9.97 Å². The molecular weight excluding hydrogens is 466 g/mol. The molecule has 0 bridgehead atoms. The number of hydrogen-bond acceptors (Lipinski definition) is 7. The van der Waals surface area contributed by atoms with Crippen molar-refractivity contribution in [3.05, 3.63) is 67.1 Å². The van der Waals surface area contributed by atoms with E-state index in [1.807, 2.05) is 58.4 Å². The molecule has 0 atom stereocenters. The highest BCUT2D eigenvalue weighted by atomic mass is 16.5. The van der Waals surface area contributed by atoms with Crippen molar-refractivity contribution in [3.63, 3.8) is 0 Å². The first-order chi connectivity index (χ1) is 17.8. The summed E-state index contributed by atoms with van der Waals surface area (Å²) in [7, 11) is 7.65. The molecule has 2 aromatic carbocycles. The van der Waals surface area contributed by atoms with E-state index in [0.717, 1.165) is 34.4 Å². The Hall–Kier alpha value is -4.37. The Bertz CT molecular complexity index is 1440. The van der Waals surface area contributed by atoms with Crippen LogP contribution in [0.3, 0.4) is 0 Å². The van der Waals surface area contributed by atoms with Crippen molar-refractivity contribution < 1.29 is 9.53 Å². The van der Waals surface area contributed by atoms with Crippen LogP contribution < -0.4 is 20.7 Å². The van der Waals surface area contributed by atoms with Crippen molar-refractivity contribution in [2.75, 3.05) is 50.2 Å². The van der Waals surface area contributed by atoms with E-state index >= 15 is 0 Å². The minimum atomic E-state index is -0.303. The van der Waals surface area contributed by atoms with E-state index in [1.165, 1.54) is 6.08 Å². The number of likely N-dealkylation sites (N-methyl/N-ethyl adjacent to an activating group) is 1. The minimum absolute atomic E-state index is 0.303. The summed E-state index contributed by atoms with van der Waals surface area (Å²) in [6.45, 7) is 6.96. The number of anilines is 4. The van der Waals surface area contributed by atoms with Crippen LogP contribution in [0.2, 0.25) is 0 Å². The maximum absolute atomic E-state index is 12.2. The molecule has 0 aliphatic rings. The minimum Gasteiger partial charge on any atom is -0.494 e. The summed E-state index contributed by atoms with van der Waals surface area (Å²) in [6.07, 6.45) is 3.32. The van der Waals surface area contributed by atoms with E-state index in [2.05, 4.69) is 55.3 Å². The number of hydrogen-bond donors (Lipinski definition) is 3. The van der Waals surface area contributed by atoms with Gasteiger partial charge in [0.25, 0.3) is 0 Å². The predicted octanol–water partition coefficient (Wildman–Crippen LogP) is 4.79. The average molecular weight is 500 g/mol. The number of aromatic nitrogens is 3. The molecule has 1 amide bonds. The van der Waals surface area contributed by atoms with E-state index < -0.39 is 0 Å². The third-order valence-electron chi connectivity index (χ3n) is 5.93. The van der Waals surface area contributed by atoms with Gasteiger partial charge < -0.3 is 30.2 Å². The third kappa shape index (κ3) is 5.90. The van der Waals surface area contributed by atoms with Gasteiger partial charge in [-0.15, -0.1) is 0 Å². The van der Waals surface area contributed by atoms with Crippen LogP contribution in [0.15, 0.2) is 61.3 Å². The smallest absolute Gasteiger partial charge is 0.247 e. The Labute approximate surface area is 217 Å². The van der Waals surface area contributed by atoms with E-state index in [0.29, 0.717) is 35.3 Å². The number of rotatable bonds is 10. The molecule has 4 rings (SSSR count). The third-order valence-corrected chi connectivity index (χ3v) is 5.93. The molecule has 2 aromatic heterocycles. The molecule has 0 aliphatic carbocycles. The molecule has 3 N–H and O–H groups in total. The van der Waals surface area contributed by atoms with Gasteiger partial charge in [0, 0.05) is 54.9 Å². The van der Waals surface area contributed by atoms with Gasteiger partial charge in [0.1, 0.15) is 17.4 Å². The second kappa shape index (κ2) is 11.1. The zero-order valence-electron chi connectivity index (χ0n) is 21.9. The highest BCUT2D eigenvalue weighted by Gasteiger charge is 2.15. The first-order valence-electron chi connectivity index (χ1n) is 12.0. The number of carbonyl (C=O) groups is 1. The van der Waals surface area contributed by atoms with Gasteiger partial charge in [-0.2, -0.15) is 0 Å². The quantitative estimate of drug-likeness (QED) is 0.270. The van der Waals surface area contributed by atoms with Crippen molar-refractivity contribution >= 4 is 39.7 Å². The molecule has 0 saturated carbocycles. The summed E-state index contributed by atoms with van der Waals surface area (Å²) in [5, 5.41) is 10.7. The summed E-state index contributed by atoms with van der Waals surface area (Å²) in [6, 6.07) is 13.8. The number of ether oxygens (including phenoxy) is 1. The van der Waals surface area contributed by atoms with Gasteiger partial charge in [0.2, 0.25) is 5.91 Å². The molecule has 9 nitrogen and oxygen atoms in total. The second-order valence-corrected chi connectivity index (χ2v) is 9.00. The van der Waals surface area contributed by atoms with Crippen LogP contribution in [0.5, 0.6) is 5.75 Å². The zero-order chi connectivity index (χ0) is 26.5. The molecule has 0 spiro atoms. The van der Waals surface area contributed by atoms with Crippen molar-refractivity contribution in [1.82, 2.24) is 19.4 Å². The van der Waals surface area contributed by atoms with E-state index in [-0.39, 0.29) is 5.91 Å². The number of amides is 1. The Kier molecular flexibility index (Phi) is 7.74. The molecule has 0 aliphatic heterocycles. The lowest BCUT2D eigenvalue weighted by atomic mass is 10.1. The van der Waals surface area contributed by atoms with Crippen LogP contribution in [0.1, 0.15) is 5.82 Å². The number of aryl methyl sites for hydroxylation is 2. The molecule has 0 saturated heterocycles. The number of fused-ring (bicyclic) bond motifs is 1. The maximum Gasteiger partial charge on any atom is 0.247 e. The fraction of sp³-hybridized carbons (Fsp3) is 0.250. The molecule has 4 aromatic rings. The second-order valence-electron chi connectivity index (χ2n) is 9.00. The molecule has 0 radical (unpaired) electrons. The van der Waals surface area contributed by atoms with E-state index in [9.17, 15) is 4.79 Å². The summed E-state index contributed by atoms with van der Waals surface area (Å²) in [5.74, 6) is 1.55. The van der Waals surface area contributed by atoms with Crippen molar-refractivity contribution in [2.45, 2.75) is 6.92 Å². The van der Waals surface area contributed by atoms with E-state index in [4.69, 9.17) is 9.72 Å². The molecular formula is C28H33N7O2. The maximum atomic E-state index is 12.2. The summed E-state index contributed by atoms with van der Waals surface area (Å²) in [4.78, 5) is 23.5. The fourth-order valence-corrected chi connectivity index (χ4v) is 4.15. The number of nitrogens with zero attached hydrogens (tertiary/aromatic N) is 4. The molecule has 192 valence electrons. The average Bonchev–Trinajstić information content (AvgIpc) is 3.21. The lowest BCUT2D eigenvalue weighted by Crippen LogP contribution is -2.21. The normalized spacial score (nSPS) is 11.0. The van der Waals surface area contributed by atoms with Gasteiger partial charge in [-0.3, -0.25) is 4.79 Å². The van der Waals surface area contributed by atoms with Gasteiger partial charge in [0.15, 0.2) is 0 Å². The Morgan fingerprint density at radius 2 is 1.92 bits per heavy atom. The number of methoxy groups -OCH3 is 1. The number of carbonyl (C=O) groups excluding carboxylic acids is 1. The Morgan fingerprint density at radius 3 is 2.65 bits per heavy atom. The Morgan fingerprint density at radius 1 is 1.14 bits per heavy atom. The number of nitrogens with one attached hydrogen (secondary N) is 3. The van der Waals surface area contributed by atoms with Crippen molar-refractivity contribution in [2.24, 2.45) is 7.05 Å². The Balaban J connectivity index is 1.72. The lowest BCUT2D eigenvalue weighted by Gasteiger charge is -2.19. The fourth-order valence-electron chi connectivity index (χ4n) is 4.15. The van der Waals surface area contributed by atoms with Crippen LogP contribution in [0.25, 0.3) is 22.2 Å². The largest absolute Gasteiger partial charge is 0.494 e.